The van der Waals surface area contributed by atoms with Gasteiger partial charge in [-0.1, -0.05) is 6.07 Å². The number of aliphatic hydroxyl groups is 1. The molecule has 0 fully saturated rings. The highest BCUT2D eigenvalue weighted by Crippen LogP contribution is 2.35. The number of imidazole rings is 1. The van der Waals surface area contributed by atoms with Crippen LogP contribution in [0.3, 0.4) is 0 Å². The molecule has 7 nitrogen and oxygen atoms in total. The highest BCUT2D eigenvalue weighted by atomic mass is 16.5. The van der Waals surface area contributed by atoms with E-state index in [2.05, 4.69) is 9.97 Å². The predicted octanol–water partition coefficient (Wildman–Crippen LogP) is 2.48. The van der Waals surface area contributed by atoms with E-state index in [0.29, 0.717) is 42.7 Å². The van der Waals surface area contributed by atoms with Crippen LogP contribution in [0.4, 0.5) is 5.82 Å². The van der Waals surface area contributed by atoms with E-state index in [0.717, 1.165) is 16.4 Å². The van der Waals surface area contributed by atoms with Crippen LogP contribution in [0.1, 0.15) is 26.6 Å². The molecule has 0 radical (unpaired) electrons. The maximum absolute atomic E-state index is 10.4. The lowest BCUT2D eigenvalue weighted by Crippen LogP contribution is -2.27. The number of fused-ring (bicyclic) bond motifs is 3. The summed E-state index contributed by atoms with van der Waals surface area (Å²) in [6.45, 7) is 6.70. The number of benzene rings is 1. The van der Waals surface area contributed by atoms with Crippen LogP contribution in [0.2, 0.25) is 0 Å². The van der Waals surface area contributed by atoms with Crippen molar-refractivity contribution in [1.29, 1.82) is 0 Å². The first-order chi connectivity index (χ1) is 11.9. The highest BCUT2D eigenvalue weighted by Gasteiger charge is 2.23. The summed E-state index contributed by atoms with van der Waals surface area (Å²) < 4.78 is 13.0. The second kappa shape index (κ2) is 6.50. The van der Waals surface area contributed by atoms with Gasteiger partial charge in [0.15, 0.2) is 5.82 Å². The normalized spacial score (nSPS) is 12.2. The van der Waals surface area contributed by atoms with Gasteiger partial charge in [0.1, 0.15) is 23.7 Å². The Morgan fingerprint density at radius 2 is 2.04 bits per heavy atom. The smallest absolute Gasteiger partial charge is 0.152 e. The van der Waals surface area contributed by atoms with Gasteiger partial charge in [0, 0.05) is 6.61 Å². The quantitative estimate of drug-likeness (QED) is 0.713. The van der Waals surface area contributed by atoms with Crippen molar-refractivity contribution in [3.05, 3.63) is 24.0 Å². The van der Waals surface area contributed by atoms with Crippen molar-refractivity contribution in [2.75, 3.05) is 19.5 Å². The summed E-state index contributed by atoms with van der Waals surface area (Å²) in [6, 6.07) is 5.64. The molecule has 0 aliphatic heterocycles. The topological polar surface area (TPSA) is 95.4 Å². The summed E-state index contributed by atoms with van der Waals surface area (Å²) >= 11 is 0. The average molecular weight is 344 g/mol. The summed E-state index contributed by atoms with van der Waals surface area (Å²) in [5, 5.41) is 11.2. The van der Waals surface area contributed by atoms with Gasteiger partial charge in [-0.25, -0.2) is 9.97 Å². The molecular formula is C18H24N4O3. The maximum atomic E-state index is 10.4. The van der Waals surface area contributed by atoms with E-state index >= 15 is 0 Å². The third-order valence-corrected chi connectivity index (χ3v) is 3.97. The van der Waals surface area contributed by atoms with Gasteiger partial charge in [-0.3, -0.25) is 0 Å². The van der Waals surface area contributed by atoms with Gasteiger partial charge in [-0.2, -0.15) is 0 Å². The standard InChI is InChI=1S/C18H24N4O3/c1-5-25-9-13-21-15-16(22(13)10-18(2,3)23)14-11(20-17(15)19)7-6-8-12(14)24-4/h6-8,23H,5,9-10H2,1-4H3,(H2,19,20). The number of hydrogen-bond acceptors (Lipinski definition) is 6. The molecule has 0 amide bonds. The molecule has 0 bridgehead atoms. The zero-order valence-electron chi connectivity index (χ0n) is 15.0. The monoisotopic (exact) mass is 344 g/mol. The fourth-order valence-corrected chi connectivity index (χ4v) is 3.00. The number of nitrogens with zero attached hydrogens (tertiary/aromatic N) is 3. The summed E-state index contributed by atoms with van der Waals surface area (Å²) in [4.78, 5) is 9.11. The van der Waals surface area contributed by atoms with Gasteiger partial charge >= 0.3 is 0 Å². The van der Waals surface area contributed by atoms with Gasteiger partial charge in [0.2, 0.25) is 0 Å². The fourth-order valence-electron chi connectivity index (χ4n) is 3.00. The van der Waals surface area contributed by atoms with E-state index in [1.165, 1.54) is 0 Å². The van der Waals surface area contributed by atoms with Crippen LogP contribution in [0.5, 0.6) is 5.75 Å². The summed E-state index contributed by atoms with van der Waals surface area (Å²) in [6.07, 6.45) is 0. The SMILES string of the molecule is CCOCc1nc2c(N)nc3cccc(OC)c3c2n1CC(C)(C)O. The maximum Gasteiger partial charge on any atom is 0.152 e. The average Bonchev–Trinajstić information content (AvgIpc) is 2.89. The number of anilines is 1. The number of nitrogen functional groups attached to an aromatic ring is 1. The summed E-state index contributed by atoms with van der Waals surface area (Å²) in [5.41, 5.74) is 7.35. The fraction of sp³-hybridized carbons (Fsp3) is 0.444. The second-order valence-electron chi connectivity index (χ2n) is 6.61. The Bertz CT molecular complexity index is 912. The minimum Gasteiger partial charge on any atom is -0.496 e. The lowest BCUT2D eigenvalue weighted by Gasteiger charge is -2.21. The molecule has 0 aliphatic rings. The van der Waals surface area contributed by atoms with Gasteiger partial charge < -0.3 is 24.9 Å². The summed E-state index contributed by atoms with van der Waals surface area (Å²) in [7, 11) is 1.62. The number of pyridine rings is 1. The molecule has 0 atom stereocenters. The van der Waals surface area contributed by atoms with Crippen LogP contribution in [-0.4, -0.2) is 39.0 Å². The minimum atomic E-state index is -0.930. The van der Waals surface area contributed by atoms with Crippen molar-refractivity contribution < 1.29 is 14.6 Å². The molecule has 0 spiro atoms. The van der Waals surface area contributed by atoms with E-state index in [-0.39, 0.29) is 0 Å². The van der Waals surface area contributed by atoms with Crippen LogP contribution in [0.15, 0.2) is 18.2 Å². The van der Waals surface area contributed by atoms with Gasteiger partial charge in [0.05, 0.1) is 35.7 Å². The van der Waals surface area contributed by atoms with Crippen LogP contribution >= 0.6 is 0 Å². The zero-order chi connectivity index (χ0) is 18.2. The lowest BCUT2D eigenvalue weighted by molar-refractivity contribution is 0.0582. The third-order valence-electron chi connectivity index (χ3n) is 3.97. The van der Waals surface area contributed by atoms with E-state index in [9.17, 15) is 5.11 Å². The Labute approximate surface area is 146 Å². The molecule has 0 aliphatic carbocycles. The van der Waals surface area contributed by atoms with E-state index in [1.807, 2.05) is 29.7 Å². The molecule has 0 saturated carbocycles. The first kappa shape index (κ1) is 17.4. The molecule has 0 saturated heterocycles. The molecule has 3 aromatic rings. The molecule has 7 heteroatoms. The van der Waals surface area contributed by atoms with Crippen molar-refractivity contribution in [2.24, 2.45) is 0 Å². The number of hydrogen-bond donors (Lipinski definition) is 2. The van der Waals surface area contributed by atoms with Gasteiger partial charge in [-0.05, 0) is 32.9 Å². The molecule has 1 aromatic carbocycles. The van der Waals surface area contributed by atoms with Crippen molar-refractivity contribution in [3.63, 3.8) is 0 Å². The van der Waals surface area contributed by atoms with Crippen molar-refractivity contribution in [1.82, 2.24) is 14.5 Å². The van der Waals surface area contributed by atoms with Crippen LogP contribution < -0.4 is 10.5 Å². The Balaban J connectivity index is 2.40. The van der Waals surface area contributed by atoms with Gasteiger partial charge in [-0.15, -0.1) is 0 Å². The number of aromatic nitrogens is 3. The molecule has 3 N–H and O–H groups in total. The first-order valence-electron chi connectivity index (χ1n) is 8.27. The highest BCUT2D eigenvalue weighted by molar-refractivity contribution is 6.09. The number of methoxy groups -OCH3 is 1. The second-order valence-corrected chi connectivity index (χ2v) is 6.61. The van der Waals surface area contributed by atoms with Crippen molar-refractivity contribution >= 4 is 27.8 Å². The molecular weight excluding hydrogens is 320 g/mol. The Morgan fingerprint density at radius 3 is 2.68 bits per heavy atom. The van der Waals surface area contributed by atoms with Crippen LogP contribution in [0, 0.1) is 0 Å². The summed E-state index contributed by atoms with van der Waals surface area (Å²) in [5.74, 6) is 1.74. The molecule has 134 valence electrons. The van der Waals surface area contributed by atoms with Crippen molar-refractivity contribution in [2.45, 2.75) is 39.5 Å². The number of ether oxygens (including phenoxy) is 2. The molecule has 2 aromatic heterocycles. The molecule has 2 heterocycles. The Kier molecular flexibility index (Phi) is 4.53. The number of rotatable bonds is 6. The lowest BCUT2D eigenvalue weighted by atomic mass is 10.1. The van der Waals surface area contributed by atoms with Gasteiger partial charge in [0.25, 0.3) is 0 Å². The largest absolute Gasteiger partial charge is 0.496 e. The first-order valence-corrected chi connectivity index (χ1v) is 8.27. The molecule has 0 unspecified atom stereocenters. The third kappa shape index (κ3) is 3.25. The molecule has 3 rings (SSSR count). The zero-order valence-corrected chi connectivity index (χ0v) is 15.0. The predicted molar refractivity (Wildman–Crippen MR) is 97.6 cm³/mol. The van der Waals surface area contributed by atoms with Crippen molar-refractivity contribution in [3.8, 4) is 5.75 Å². The molecule has 25 heavy (non-hydrogen) atoms. The van der Waals surface area contributed by atoms with Crippen LogP contribution in [-0.2, 0) is 17.9 Å². The van der Waals surface area contributed by atoms with E-state index in [4.69, 9.17) is 15.2 Å². The number of nitrogens with two attached hydrogens (primary N) is 1. The Hall–Kier alpha value is -2.38. The van der Waals surface area contributed by atoms with E-state index < -0.39 is 5.60 Å². The van der Waals surface area contributed by atoms with Crippen LogP contribution in [0.25, 0.3) is 21.9 Å². The van der Waals surface area contributed by atoms with E-state index in [1.54, 1.807) is 21.0 Å². The minimum absolute atomic E-state index is 0.331. The Morgan fingerprint density at radius 1 is 1.28 bits per heavy atom.